The van der Waals surface area contributed by atoms with Gasteiger partial charge in [-0.15, -0.1) is 0 Å². The summed E-state index contributed by atoms with van der Waals surface area (Å²) in [6.45, 7) is 20.2. The molecule has 0 aliphatic rings. The largest absolute Gasteiger partial charge is 0.426 e. The van der Waals surface area contributed by atoms with E-state index in [0.29, 0.717) is 23.3 Å². The molecule has 0 N–H and O–H groups in total. The standard InChI is InChI=1S/C26H36O3/c1-10-21(17-16-19(2)22(27)20-14-12-11-13-15-20)29-23(28)26(9,25(6,7)8)18-24(3,4)5/h10-17H,2,18H2,1,3-9H3/b17-16-,21-10+. The van der Waals surface area contributed by atoms with E-state index in [1.165, 1.54) is 0 Å². The van der Waals surface area contributed by atoms with Gasteiger partial charge in [-0.1, -0.05) is 78.5 Å². The second-order valence-corrected chi connectivity index (χ2v) is 9.95. The van der Waals surface area contributed by atoms with Gasteiger partial charge in [0.05, 0.1) is 5.41 Å². The molecule has 0 radical (unpaired) electrons. The van der Waals surface area contributed by atoms with Crippen LogP contribution in [0.1, 0.15) is 72.2 Å². The average Bonchev–Trinajstić information content (AvgIpc) is 2.62. The normalized spacial score (nSPS) is 15.1. The number of hydrogen-bond donors (Lipinski definition) is 0. The second kappa shape index (κ2) is 9.39. The van der Waals surface area contributed by atoms with Crippen LogP contribution in [0.2, 0.25) is 0 Å². The van der Waals surface area contributed by atoms with Gasteiger partial charge >= 0.3 is 5.97 Å². The summed E-state index contributed by atoms with van der Waals surface area (Å²) in [6.07, 6.45) is 5.63. The third-order valence-electron chi connectivity index (χ3n) is 5.26. The Labute approximate surface area is 176 Å². The Bertz CT molecular complexity index is 799. The summed E-state index contributed by atoms with van der Waals surface area (Å²) in [6, 6.07) is 8.98. The Kier molecular flexibility index (Phi) is 7.97. The molecule has 0 saturated carbocycles. The maximum absolute atomic E-state index is 13.2. The summed E-state index contributed by atoms with van der Waals surface area (Å²) < 4.78 is 5.76. The molecule has 1 aromatic carbocycles. The molecular formula is C26H36O3. The van der Waals surface area contributed by atoms with Crippen molar-refractivity contribution in [3.63, 3.8) is 0 Å². The lowest BCUT2D eigenvalue weighted by molar-refractivity contribution is -0.159. The van der Waals surface area contributed by atoms with Crippen LogP contribution in [0, 0.1) is 16.2 Å². The Hall–Kier alpha value is -2.42. The Morgan fingerprint density at radius 3 is 1.97 bits per heavy atom. The smallest absolute Gasteiger partial charge is 0.317 e. The molecule has 0 saturated heterocycles. The zero-order valence-electron chi connectivity index (χ0n) is 19.3. The van der Waals surface area contributed by atoms with E-state index in [1.54, 1.807) is 37.3 Å². The zero-order chi connectivity index (χ0) is 22.5. The average molecular weight is 397 g/mol. The van der Waals surface area contributed by atoms with Gasteiger partial charge in [-0.25, -0.2) is 0 Å². The van der Waals surface area contributed by atoms with Gasteiger partial charge < -0.3 is 4.74 Å². The SMILES string of the molecule is C=C(/C=C\C(=C/C)OC(=O)C(C)(CC(C)(C)C)C(C)(C)C)C(=O)c1ccccc1. The van der Waals surface area contributed by atoms with E-state index in [0.717, 1.165) is 0 Å². The lowest BCUT2D eigenvalue weighted by Crippen LogP contribution is -2.44. The highest BCUT2D eigenvalue weighted by Crippen LogP contribution is 2.47. The fraction of sp³-hybridized carbons (Fsp3) is 0.462. The molecule has 0 bridgehead atoms. The fourth-order valence-corrected chi connectivity index (χ4v) is 3.15. The summed E-state index contributed by atoms with van der Waals surface area (Å²) in [4.78, 5) is 25.6. The fourth-order valence-electron chi connectivity index (χ4n) is 3.15. The minimum absolute atomic E-state index is 0.0244. The van der Waals surface area contributed by atoms with E-state index in [9.17, 15) is 9.59 Å². The van der Waals surface area contributed by atoms with Crippen LogP contribution in [-0.4, -0.2) is 11.8 Å². The van der Waals surface area contributed by atoms with E-state index in [2.05, 4.69) is 48.1 Å². The molecule has 0 spiro atoms. The van der Waals surface area contributed by atoms with E-state index in [-0.39, 0.29) is 22.6 Å². The molecule has 0 amide bonds. The molecule has 0 fully saturated rings. The van der Waals surface area contributed by atoms with Crippen molar-refractivity contribution in [1.29, 1.82) is 0 Å². The summed E-state index contributed by atoms with van der Waals surface area (Å²) in [7, 11) is 0. The van der Waals surface area contributed by atoms with E-state index in [4.69, 9.17) is 4.74 Å². The second-order valence-electron chi connectivity index (χ2n) is 9.95. The van der Waals surface area contributed by atoms with Crippen molar-refractivity contribution < 1.29 is 14.3 Å². The van der Waals surface area contributed by atoms with Crippen LogP contribution < -0.4 is 0 Å². The number of hydrogen-bond acceptors (Lipinski definition) is 3. The van der Waals surface area contributed by atoms with Gasteiger partial charge in [0.15, 0.2) is 5.78 Å². The van der Waals surface area contributed by atoms with Gasteiger partial charge in [0, 0.05) is 11.1 Å². The molecule has 1 unspecified atom stereocenters. The van der Waals surface area contributed by atoms with Gasteiger partial charge in [0.2, 0.25) is 0 Å². The van der Waals surface area contributed by atoms with Crippen molar-refractivity contribution in [3.8, 4) is 0 Å². The van der Waals surface area contributed by atoms with Gasteiger partial charge in [-0.3, -0.25) is 9.59 Å². The lowest BCUT2D eigenvalue weighted by atomic mass is 9.61. The zero-order valence-corrected chi connectivity index (χ0v) is 19.3. The molecular weight excluding hydrogens is 360 g/mol. The molecule has 1 aromatic rings. The third-order valence-corrected chi connectivity index (χ3v) is 5.26. The van der Waals surface area contributed by atoms with Crippen LogP contribution in [0.15, 0.2) is 66.5 Å². The van der Waals surface area contributed by atoms with Gasteiger partial charge in [0.1, 0.15) is 5.76 Å². The summed E-state index contributed by atoms with van der Waals surface area (Å²) in [5.41, 5.74) is -0.0491. The lowest BCUT2D eigenvalue weighted by Gasteiger charge is -2.43. The highest BCUT2D eigenvalue weighted by Gasteiger charge is 2.48. The van der Waals surface area contributed by atoms with Crippen LogP contribution >= 0.6 is 0 Å². The van der Waals surface area contributed by atoms with Crippen molar-refractivity contribution >= 4 is 11.8 Å². The van der Waals surface area contributed by atoms with Crippen molar-refractivity contribution in [2.24, 2.45) is 16.2 Å². The highest BCUT2D eigenvalue weighted by molar-refractivity contribution is 6.10. The minimum Gasteiger partial charge on any atom is -0.426 e. The van der Waals surface area contributed by atoms with Crippen molar-refractivity contribution in [2.45, 2.75) is 61.8 Å². The van der Waals surface area contributed by atoms with Crippen molar-refractivity contribution in [2.75, 3.05) is 0 Å². The predicted molar refractivity (Wildman–Crippen MR) is 121 cm³/mol. The van der Waals surface area contributed by atoms with Gasteiger partial charge in [-0.05, 0) is 49.3 Å². The number of esters is 1. The number of rotatable bonds is 7. The summed E-state index contributed by atoms with van der Waals surface area (Å²) in [5.74, 6) is -0.0186. The Morgan fingerprint density at radius 1 is 0.966 bits per heavy atom. The molecule has 0 heterocycles. The van der Waals surface area contributed by atoms with Crippen LogP contribution in [-0.2, 0) is 9.53 Å². The van der Waals surface area contributed by atoms with Crippen molar-refractivity contribution in [1.82, 2.24) is 0 Å². The maximum atomic E-state index is 13.2. The summed E-state index contributed by atoms with van der Waals surface area (Å²) in [5, 5.41) is 0. The molecule has 0 aliphatic carbocycles. The van der Waals surface area contributed by atoms with E-state index >= 15 is 0 Å². The number of allylic oxidation sites excluding steroid dienone is 4. The molecule has 1 rings (SSSR count). The number of carbonyl (C=O) groups is 2. The molecule has 3 heteroatoms. The number of Topliss-reactive ketones (excluding diaryl/α,β-unsaturated/α-hetero) is 1. The predicted octanol–water partition coefficient (Wildman–Crippen LogP) is 6.92. The van der Waals surface area contributed by atoms with Crippen LogP contribution in [0.3, 0.4) is 0 Å². The van der Waals surface area contributed by atoms with E-state index < -0.39 is 5.41 Å². The number of ether oxygens (including phenoxy) is 1. The van der Waals surface area contributed by atoms with E-state index in [1.807, 2.05) is 25.1 Å². The highest BCUT2D eigenvalue weighted by atomic mass is 16.5. The molecule has 29 heavy (non-hydrogen) atoms. The molecule has 158 valence electrons. The third kappa shape index (κ3) is 6.85. The summed E-state index contributed by atoms with van der Waals surface area (Å²) >= 11 is 0. The first-order valence-electron chi connectivity index (χ1n) is 10.1. The monoisotopic (exact) mass is 396 g/mol. The molecule has 3 nitrogen and oxygen atoms in total. The first kappa shape index (κ1) is 24.6. The van der Waals surface area contributed by atoms with Crippen LogP contribution in [0.5, 0.6) is 0 Å². The van der Waals surface area contributed by atoms with Crippen LogP contribution in [0.4, 0.5) is 0 Å². The number of benzene rings is 1. The molecule has 0 aromatic heterocycles. The maximum Gasteiger partial charge on any atom is 0.317 e. The Balaban J connectivity index is 2.98. The van der Waals surface area contributed by atoms with Crippen molar-refractivity contribution in [3.05, 3.63) is 72.0 Å². The number of carbonyl (C=O) groups excluding carboxylic acids is 2. The quantitative estimate of drug-likeness (QED) is 0.165. The molecule has 1 atom stereocenters. The van der Waals surface area contributed by atoms with Gasteiger partial charge in [0.25, 0.3) is 0 Å². The minimum atomic E-state index is -0.662. The molecule has 0 aliphatic heterocycles. The number of ketones is 1. The van der Waals surface area contributed by atoms with Gasteiger partial charge in [-0.2, -0.15) is 0 Å². The first-order chi connectivity index (χ1) is 13.2. The van der Waals surface area contributed by atoms with Crippen LogP contribution in [0.25, 0.3) is 0 Å². The Morgan fingerprint density at radius 2 is 1.52 bits per heavy atom. The topological polar surface area (TPSA) is 43.4 Å². The first-order valence-corrected chi connectivity index (χ1v) is 10.1.